The maximum atomic E-state index is 5.28. The van der Waals surface area contributed by atoms with E-state index in [4.69, 9.17) is 5.84 Å². The molecule has 62 valence electrons. The molecule has 0 aromatic carbocycles. The van der Waals surface area contributed by atoms with Crippen molar-refractivity contribution < 1.29 is 0 Å². The number of rotatable bonds is 3. The SMILES string of the molecule is CC(Cc1sccc1Br)NN. The predicted octanol–water partition coefficient (Wildman–Crippen LogP) is 1.90. The lowest BCUT2D eigenvalue weighted by atomic mass is 10.2. The second-order valence-electron chi connectivity index (χ2n) is 2.46. The van der Waals surface area contributed by atoms with E-state index in [1.165, 1.54) is 9.35 Å². The molecule has 1 aromatic heterocycles. The molecule has 1 atom stereocenters. The largest absolute Gasteiger partial charge is 0.271 e. The van der Waals surface area contributed by atoms with Crippen LogP contribution in [0.3, 0.4) is 0 Å². The molecule has 1 rings (SSSR count). The molecule has 11 heavy (non-hydrogen) atoms. The van der Waals surface area contributed by atoms with Crippen molar-refractivity contribution in [1.29, 1.82) is 0 Å². The Hall–Kier alpha value is 0.1000. The minimum Gasteiger partial charge on any atom is -0.271 e. The molecule has 4 heteroatoms. The molecule has 2 nitrogen and oxygen atoms in total. The molecule has 0 aliphatic carbocycles. The van der Waals surface area contributed by atoms with Gasteiger partial charge in [0.2, 0.25) is 0 Å². The molecule has 0 amide bonds. The Bertz CT molecular complexity index is 224. The van der Waals surface area contributed by atoms with Gasteiger partial charge in [0, 0.05) is 15.4 Å². The Morgan fingerprint density at radius 2 is 2.55 bits per heavy atom. The normalized spacial score (nSPS) is 13.4. The number of hydrazine groups is 1. The van der Waals surface area contributed by atoms with Crippen molar-refractivity contribution >= 4 is 27.3 Å². The topological polar surface area (TPSA) is 38.0 Å². The first kappa shape index (κ1) is 9.19. The van der Waals surface area contributed by atoms with Crippen molar-refractivity contribution in [2.24, 2.45) is 5.84 Å². The second-order valence-corrected chi connectivity index (χ2v) is 4.32. The van der Waals surface area contributed by atoms with Gasteiger partial charge in [-0.15, -0.1) is 11.3 Å². The summed E-state index contributed by atoms with van der Waals surface area (Å²) >= 11 is 5.22. The zero-order valence-corrected chi connectivity index (χ0v) is 8.71. The average molecular weight is 235 g/mol. The van der Waals surface area contributed by atoms with Gasteiger partial charge < -0.3 is 0 Å². The van der Waals surface area contributed by atoms with Crippen molar-refractivity contribution in [3.05, 3.63) is 20.8 Å². The number of nitrogens with two attached hydrogens (primary N) is 1. The highest BCUT2D eigenvalue weighted by molar-refractivity contribution is 9.10. The number of thiophene rings is 1. The van der Waals surface area contributed by atoms with Gasteiger partial charge in [0.1, 0.15) is 0 Å². The van der Waals surface area contributed by atoms with Crippen LogP contribution in [0.15, 0.2) is 15.9 Å². The highest BCUT2D eigenvalue weighted by Crippen LogP contribution is 2.23. The van der Waals surface area contributed by atoms with Gasteiger partial charge in [0.05, 0.1) is 0 Å². The van der Waals surface area contributed by atoms with Crippen LogP contribution in [0.1, 0.15) is 11.8 Å². The van der Waals surface area contributed by atoms with Gasteiger partial charge in [-0.1, -0.05) is 0 Å². The van der Waals surface area contributed by atoms with Gasteiger partial charge in [-0.3, -0.25) is 11.3 Å². The Morgan fingerprint density at radius 1 is 1.82 bits per heavy atom. The van der Waals surface area contributed by atoms with Crippen LogP contribution in [0.5, 0.6) is 0 Å². The lowest BCUT2D eigenvalue weighted by Crippen LogP contribution is -2.33. The Morgan fingerprint density at radius 3 is 3.00 bits per heavy atom. The maximum Gasteiger partial charge on any atom is 0.0314 e. The molecule has 0 saturated heterocycles. The van der Waals surface area contributed by atoms with Gasteiger partial charge in [0.15, 0.2) is 0 Å². The summed E-state index contributed by atoms with van der Waals surface area (Å²) < 4.78 is 1.18. The Labute approximate surface area is 78.9 Å². The van der Waals surface area contributed by atoms with Crippen LogP contribution >= 0.6 is 27.3 Å². The average Bonchev–Trinajstić information content (AvgIpc) is 2.37. The lowest BCUT2D eigenvalue weighted by Gasteiger charge is -2.07. The maximum absolute atomic E-state index is 5.28. The van der Waals surface area contributed by atoms with Crippen LogP contribution in [0.25, 0.3) is 0 Å². The fourth-order valence-corrected chi connectivity index (χ4v) is 2.45. The number of nitrogens with one attached hydrogen (secondary N) is 1. The third-order valence-electron chi connectivity index (χ3n) is 1.47. The molecule has 3 N–H and O–H groups in total. The van der Waals surface area contributed by atoms with Gasteiger partial charge in [-0.05, 0) is 40.7 Å². The number of halogens is 1. The molecule has 0 spiro atoms. The molecule has 1 heterocycles. The minimum absolute atomic E-state index is 0.338. The summed E-state index contributed by atoms with van der Waals surface area (Å²) in [5.41, 5.74) is 2.72. The van der Waals surface area contributed by atoms with Crippen LogP contribution in [0, 0.1) is 0 Å². The van der Waals surface area contributed by atoms with Crippen LogP contribution in [0.2, 0.25) is 0 Å². The molecule has 0 fully saturated rings. The van der Waals surface area contributed by atoms with E-state index in [-0.39, 0.29) is 0 Å². The van der Waals surface area contributed by atoms with Gasteiger partial charge in [0.25, 0.3) is 0 Å². The van der Waals surface area contributed by atoms with Gasteiger partial charge >= 0.3 is 0 Å². The van der Waals surface area contributed by atoms with Gasteiger partial charge in [-0.2, -0.15) is 0 Å². The summed E-state index contributed by atoms with van der Waals surface area (Å²) in [7, 11) is 0. The second kappa shape index (κ2) is 4.21. The van der Waals surface area contributed by atoms with E-state index in [1.807, 2.05) is 0 Å². The molecule has 1 aromatic rings. The Kier molecular flexibility index (Phi) is 3.51. The van der Waals surface area contributed by atoms with Crippen LogP contribution in [-0.2, 0) is 6.42 Å². The highest BCUT2D eigenvalue weighted by atomic mass is 79.9. The monoisotopic (exact) mass is 234 g/mol. The predicted molar refractivity (Wildman–Crippen MR) is 52.5 cm³/mol. The number of hydrogen-bond acceptors (Lipinski definition) is 3. The van der Waals surface area contributed by atoms with E-state index in [0.29, 0.717) is 6.04 Å². The molecule has 0 aliphatic rings. The standard InChI is InChI=1S/C7H11BrN2S/c1-5(10-9)4-7-6(8)2-3-11-7/h2-3,5,10H,4,9H2,1H3. The first-order valence-corrected chi connectivity index (χ1v) is 5.09. The minimum atomic E-state index is 0.338. The molecule has 0 bridgehead atoms. The summed E-state index contributed by atoms with van der Waals surface area (Å²) in [5, 5.41) is 2.07. The summed E-state index contributed by atoms with van der Waals surface area (Å²) in [6, 6.07) is 2.40. The lowest BCUT2D eigenvalue weighted by molar-refractivity contribution is 0.571. The van der Waals surface area contributed by atoms with Crippen molar-refractivity contribution in [3.8, 4) is 0 Å². The zero-order chi connectivity index (χ0) is 8.27. The third-order valence-corrected chi connectivity index (χ3v) is 3.42. The van der Waals surface area contributed by atoms with E-state index in [9.17, 15) is 0 Å². The quantitative estimate of drug-likeness (QED) is 0.620. The van der Waals surface area contributed by atoms with Crippen LogP contribution < -0.4 is 11.3 Å². The van der Waals surface area contributed by atoms with E-state index in [0.717, 1.165) is 6.42 Å². The first-order valence-electron chi connectivity index (χ1n) is 3.42. The molecular weight excluding hydrogens is 224 g/mol. The molecule has 1 unspecified atom stereocenters. The Balaban J connectivity index is 2.56. The molecule has 0 radical (unpaired) electrons. The van der Waals surface area contributed by atoms with Crippen molar-refractivity contribution in [2.45, 2.75) is 19.4 Å². The summed E-state index contributed by atoms with van der Waals surface area (Å²) in [6.07, 6.45) is 0.981. The molecular formula is C7H11BrN2S. The fraction of sp³-hybridized carbons (Fsp3) is 0.429. The molecule has 0 aliphatic heterocycles. The van der Waals surface area contributed by atoms with Crippen molar-refractivity contribution in [1.82, 2.24) is 5.43 Å². The number of hydrogen-bond donors (Lipinski definition) is 2. The van der Waals surface area contributed by atoms with Crippen LogP contribution in [-0.4, -0.2) is 6.04 Å². The van der Waals surface area contributed by atoms with Crippen molar-refractivity contribution in [3.63, 3.8) is 0 Å². The zero-order valence-electron chi connectivity index (χ0n) is 6.30. The summed E-state index contributed by atoms with van der Waals surface area (Å²) in [4.78, 5) is 1.34. The summed E-state index contributed by atoms with van der Waals surface area (Å²) in [6.45, 7) is 2.06. The molecule has 0 saturated carbocycles. The smallest absolute Gasteiger partial charge is 0.0314 e. The van der Waals surface area contributed by atoms with E-state index in [1.54, 1.807) is 11.3 Å². The van der Waals surface area contributed by atoms with E-state index < -0.39 is 0 Å². The van der Waals surface area contributed by atoms with Crippen LogP contribution in [0.4, 0.5) is 0 Å². The van der Waals surface area contributed by atoms with Crippen molar-refractivity contribution in [2.75, 3.05) is 0 Å². The van der Waals surface area contributed by atoms with E-state index in [2.05, 4.69) is 39.7 Å². The fourth-order valence-electron chi connectivity index (χ4n) is 0.808. The highest BCUT2D eigenvalue weighted by Gasteiger charge is 2.05. The van der Waals surface area contributed by atoms with Gasteiger partial charge in [-0.25, -0.2) is 0 Å². The van der Waals surface area contributed by atoms with E-state index >= 15 is 0 Å². The summed E-state index contributed by atoms with van der Waals surface area (Å²) in [5.74, 6) is 5.28. The third kappa shape index (κ3) is 2.56. The first-order chi connectivity index (χ1) is 5.24.